The summed E-state index contributed by atoms with van der Waals surface area (Å²) in [6, 6.07) is -1.06. The third kappa shape index (κ3) is 28.2. The van der Waals surface area contributed by atoms with Crippen molar-refractivity contribution in [3.63, 3.8) is 0 Å². The van der Waals surface area contributed by atoms with Gasteiger partial charge < -0.3 is 120 Å². The molecule has 3 rings (SSSR count). The molecule has 3 saturated heterocycles. The lowest BCUT2D eigenvalue weighted by Crippen LogP contribution is -2.55. The standard InChI is InChI=1S/C56H102N6O24/c1-5-80-56(77)60-22-29-79-31-30-78-28-18-45(69)61-38(14-6-10-19-57-42(66)15-7-11-25-81-53-35(2)46(70)49(73)39(32-63)84-53)52(76)62(23-20-58-43(67)16-8-12-26-82-54-36(3)47(71)50(74)40(33-64)85-54)24-21-59-44(68)17-9-13-27-83-55-37(4)48(72)51(75)41(34-65)86-55/h35-41,46-51,53-55,63-65,70-75H,5-34H2,1-4H3,(H,57,66)(H,58,67)(H,59,68)(H,60,77)(H,61,69). The average molecular weight is 1240 g/mol. The quantitative estimate of drug-likeness (QED) is 0.0267. The normalized spacial score (nSPS) is 27.8. The molecule has 0 aromatic carbocycles. The van der Waals surface area contributed by atoms with Crippen LogP contribution in [0.15, 0.2) is 0 Å². The van der Waals surface area contributed by atoms with Gasteiger partial charge in [0.05, 0.1) is 71.2 Å². The van der Waals surface area contributed by atoms with Gasteiger partial charge in [-0.2, -0.15) is 0 Å². The summed E-state index contributed by atoms with van der Waals surface area (Å²) in [6.07, 6.45) is -9.46. The molecule has 6 amide bonds. The molecule has 86 heavy (non-hydrogen) atoms. The van der Waals surface area contributed by atoms with E-state index in [1.165, 1.54) is 4.90 Å². The van der Waals surface area contributed by atoms with Crippen molar-refractivity contribution in [2.45, 2.75) is 191 Å². The summed E-state index contributed by atoms with van der Waals surface area (Å²) in [4.78, 5) is 79.7. The second-order valence-corrected chi connectivity index (χ2v) is 21.8. The number of carbonyl (C=O) groups excluding carboxylic acids is 6. The molecule has 3 aliphatic rings. The van der Waals surface area contributed by atoms with Crippen LogP contribution in [0, 0.1) is 17.8 Å². The SMILES string of the molecule is CCOC(=O)NCCOCCOCCC(=O)NC(CCCCNC(=O)CCCCOC1OC(CO)C(O)C(O)C1C)C(=O)N(CCNC(=O)CCCCOC1OC(CO)C(O)C(O)C1C)CCNC(=O)CCCCOC1OC(CO)C(O)C(O)C1C. The minimum atomic E-state index is -1.26. The van der Waals surface area contributed by atoms with Gasteiger partial charge in [0, 0.05) is 103 Å². The van der Waals surface area contributed by atoms with E-state index in [9.17, 15) is 74.7 Å². The Bertz CT molecular complexity index is 1850. The van der Waals surface area contributed by atoms with Crippen LogP contribution >= 0.6 is 0 Å². The number of nitrogens with one attached hydrogen (secondary N) is 5. The molecule has 3 aliphatic heterocycles. The van der Waals surface area contributed by atoms with Crippen molar-refractivity contribution in [1.82, 2.24) is 31.5 Å². The van der Waals surface area contributed by atoms with Crippen LogP contribution < -0.4 is 26.6 Å². The minimum Gasteiger partial charge on any atom is -0.450 e. The maximum Gasteiger partial charge on any atom is 0.407 e. The second-order valence-electron chi connectivity index (χ2n) is 21.8. The summed E-state index contributed by atoms with van der Waals surface area (Å²) in [6.45, 7) is 6.98. The fourth-order valence-electron chi connectivity index (χ4n) is 9.59. The molecule has 0 bridgehead atoms. The molecule has 3 fully saturated rings. The monoisotopic (exact) mass is 1240 g/mol. The number of carbonyl (C=O) groups is 6. The smallest absolute Gasteiger partial charge is 0.407 e. The van der Waals surface area contributed by atoms with Gasteiger partial charge >= 0.3 is 6.09 Å². The summed E-state index contributed by atoms with van der Waals surface area (Å²) in [5.41, 5.74) is 0. The van der Waals surface area contributed by atoms with Crippen molar-refractivity contribution >= 4 is 35.6 Å². The Labute approximate surface area is 503 Å². The number of aliphatic hydroxyl groups excluding tert-OH is 9. The molecular formula is C56H102N6O24. The van der Waals surface area contributed by atoms with Crippen LogP contribution in [0.2, 0.25) is 0 Å². The lowest BCUT2D eigenvalue weighted by atomic mass is 9.92. The van der Waals surface area contributed by atoms with Crippen LogP contribution in [0.25, 0.3) is 0 Å². The third-order valence-corrected chi connectivity index (χ3v) is 15.0. The van der Waals surface area contributed by atoms with E-state index in [2.05, 4.69) is 26.6 Å². The molecule has 0 aromatic heterocycles. The summed E-state index contributed by atoms with van der Waals surface area (Å²) < 4.78 is 49.9. The molecule has 0 aliphatic carbocycles. The zero-order valence-electron chi connectivity index (χ0n) is 50.5. The number of unbranched alkanes of at least 4 members (excludes halogenated alkanes) is 4. The largest absolute Gasteiger partial charge is 0.450 e. The van der Waals surface area contributed by atoms with Crippen molar-refractivity contribution in [3.8, 4) is 0 Å². The maximum atomic E-state index is 14.5. The Hall–Kier alpha value is -4.06. The molecule has 0 radical (unpaired) electrons. The van der Waals surface area contributed by atoms with Crippen LogP contribution in [0.3, 0.4) is 0 Å². The Kier molecular flexibility index (Phi) is 38.6. The Morgan fingerprint density at radius 3 is 1.27 bits per heavy atom. The minimum absolute atomic E-state index is 0.00384. The Balaban J connectivity index is 1.59. The number of nitrogens with zero attached hydrogens (tertiary/aromatic N) is 1. The van der Waals surface area contributed by atoms with Gasteiger partial charge in [0.25, 0.3) is 0 Å². The first-order valence-corrected chi connectivity index (χ1v) is 30.4. The van der Waals surface area contributed by atoms with Crippen molar-refractivity contribution in [3.05, 3.63) is 0 Å². The maximum absolute atomic E-state index is 14.5. The summed E-state index contributed by atoms with van der Waals surface area (Å²) >= 11 is 0. The van der Waals surface area contributed by atoms with E-state index in [4.69, 9.17) is 42.6 Å². The highest BCUT2D eigenvalue weighted by Gasteiger charge is 2.44. The lowest BCUT2D eigenvalue weighted by Gasteiger charge is -2.40. The predicted octanol–water partition coefficient (Wildman–Crippen LogP) is -3.23. The van der Waals surface area contributed by atoms with Gasteiger partial charge in [0.1, 0.15) is 42.7 Å². The van der Waals surface area contributed by atoms with Crippen molar-refractivity contribution in [1.29, 1.82) is 0 Å². The van der Waals surface area contributed by atoms with Gasteiger partial charge in [-0.25, -0.2) is 4.79 Å². The van der Waals surface area contributed by atoms with Crippen LogP contribution in [0.4, 0.5) is 4.79 Å². The van der Waals surface area contributed by atoms with E-state index in [0.29, 0.717) is 51.4 Å². The van der Waals surface area contributed by atoms with Gasteiger partial charge in [-0.15, -0.1) is 0 Å². The molecule has 30 heteroatoms. The zero-order chi connectivity index (χ0) is 63.4. The van der Waals surface area contributed by atoms with Gasteiger partial charge in [-0.1, -0.05) is 20.8 Å². The van der Waals surface area contributed by atoms with E-state index in [0.717, 1.165) is 0 Å². The first-order valence-electron chi connectivity index (χ1n) is 30.4. The van der Waals surface area contributed by atoms with E-state index in [1.807, 2.05) is 0 Å². The number of hydrogen-bond donors (Lipinski definition) is 14. The number of ether oxygens (including phenoxy) is 9. The van der Waals surface area contributed by atoms with Crippen LogP contribution in [-0.2, 0) is 66.6 Å². The van der Waals surface area contributed by atoms with Crippen LogP contribution in [-0.4, -0.2) is 278 Å². The Morgan fingerprint density at radius 1 is 0.453 bits per heavy atom. The lowest BCUT2D eigenvalue weighted by molar-refractivity contribution is -0.282. The molecule has 14 N–H and O–H groups in total. The second kappa shape index (κ2) is 43.6. The number of amides is 6. The molecule has 30 nitrogen and oxygen atoms in total. The van der Waals surface area contributed by atoms with Crippen molar-refractivity contribution in [2.24, 2.45) is 17.8 Å². The average Bonchev–Trinajstić information content (AvgIpc) is 2.30. The fourth-order valence-corrected chi connectivity index (χ4v) is 9.59. The first-order chi connectivity index (χ1) is 41.3. The van der Waals surface area contributed by atoms with Crippen molar-refractivity contribution in [2.75, 3.05) is 112 Å². The molecule has 16 atom stereocenters. The van der Waals surface area contributed by atoms with E-state index in [1.54, 1.807) is 27.7 Å². The number of hydrogen-bond acceptors (Lipinski definition) is 24. The molecule has 0 saturated carbocycles. The number of alkyl carbamates (subject to hydrolysis) is 1. The number of rotatable bonds is 44. The number of aliphatic hydroxyl groups is 9. The van der Waals surface area contributed by atoms with E-state index >= 15 is 0 Å². The molecule has 0 aromatic rings. The fraction of sp³-hybridized carbons (Fsp3) is 0.893. The van der Waals surface area contributed by atoms with E-state index < -0.39 is 135 Å². The molecule has 500 valence electrons. The first kappa shape index (κ1) is 76.2. The van der Waals surface area contributed by atoms with Crippen molar-refractivity contribution < 1.29 is 117 Å². The van der Waals surface area contributed by atoms with Crippen LogP contribution in [0.5, 0.6) is 0 Å². The summed E-state index contributed by atoms with van der Waals surface area (Å²) in [7, 11) is 0. The van der Waals surface area contributed by atoms with Gasteiger partial charge in [-0.05, 0) is 64.7 Å². The third-order valence-electron chi connectivity index (χ3n) is 15.0. The van der Waals surface area contributed by atoms with E-state index in [-0.39, 0.29) is 142 Å². The molecular weight excluding hydrogens is 1140 g/mol. The highest BCUT2D eigenvalue weighted by Crippen LogP contribution is 2.29. The zero-order valence-corrected chi connectivity index (χ0v) is 50.5. The highest BCUT2D eigenvalue weighted by atomic mass is 16.7. The van der Waals surface area contributed by atoms with Gasteiger partial charge in [0.15, 0.2) is 18.9 Å². The topological polar surface area (TPSA) is 431 Å². The molecule has 3 heterocycles. The Morgan fingerprint density at radius 2 is 0.860 bits per heavy atom. The molecule has 16 unspecified atom stereocenters. The summed E-state index contributed by atoms with van der Waals surface area (Å²) in [5, 5.41) is 104. The summed E-state index contributed by atoms with van der Waals surface area (Å²) in [5.74, 6) is -3.51. The van der Waals surface area contributed by atoms with Crippen LogP contribution in [0.1, 0.15) is 111 Å². The highest BCUT2D eigenvalue weighted by molar-refractivity contribution is 5.88. The molecule has 0 spiro atoms. The predicted molar refractivity (Wildman–Crippen MR) is 303 cm³/mol. The van der Waals surface area contributed by atoms with Gasteiger partial charge in [0.2, 0.25) is 29.5 Å². The van der Waals surface area contributed by atoms with Gasteiger partial charge in [-0.3, -0.25) is 24.0 Å².